The predicted octanol–water partition coefficient (Wildman–Crippen LogP) is 9.13. The van der Waals surface area contributed by atoms with Gasteiger partial charge >= 0.3 is 6.18 Å². The van der Waals surface area contributed by atoms with Crippen molar-refractivity contribution in [2.75, 3.05) is 0 Å². The van der Waals surface area contributed by atoms with Crippen molar-refractivity contribution >= 4 is 0 Å². The molecule has 0 aromatic heterocycles. The zero-order valence-corrected chi connectivity index (χ0v) is 20.3. The van der Waals surface area contributed by atoms with Gasteiger partial charge in [-0.2, -0.15) is 13.2 Å². The van der Waals surface area contributed by atoms with Crippen LogP contribution in [0.5, 0.6) is 0 Å². The van der Waals surface area contributed by atoms with Gasteiger partial charge in [0.1, 0.15) is 0 Å². The van der Waals surface area contributed by atoms with E-state index in [4.69, 9.17) is 0 Å². The molecule has 4 aliphatic rings. The lowest BCUT2D eigenvalue weighted by Gasteiger charge is -2.57. The van der Waals surface area contributed by atoms with Gasteiger partial charge in [0.25, 0.3) is 0 Å². The van der Waals surface area contributed by atoms with Crippen molar-refractivity contribution in [2.24, 2.45) is 46.3 Å². The first-order valence-corrected chi connectivity index (χ1v) is 12.9. The van der Waals surface area contributed by atoms with E-state index in [0.29, 0.717) is 23.7 Å². The van der Waals surface area contributed by atoms with E-state index in [2.05, 4.69) is 40.7 Å². The van der Waals surface area contributed by atoms with Crippen LogP contribution in [0, 0.1) is 46.3 Å². The fourth-order valence-electron chi connectivity index (χ4n) is 8.57. The number of allylic oxidation sites excluding steroid dienone is 4. The summed E-state index contributed by atoms with van der Waals surface area (Å²) < 4.78 is 40.0. The van der Waals surface area contributed by atoms with Crippen LogP contribution in [0.1, 0.15) is 98.8 Å². The predicted molar refractivity (Wildman–Crippen MR) is 123 cm³/mol. The molecule has 4 aliphatic carbocycles. The van der Waals surface area contributed by atoms with E-state index in [0.717, 1.165) is 35.7 Å². The molecule has 31 heavy (non-hydrogen) atoms. The van der Waals surface area contributed by atoms with Crippen LogP contribution >= 0.6 is 0 Å². The Hall–Kier alpha value is -0.730. The van der Waals surface area contributed by atoms with Crippen LogP contribution in [0.4, 0.5) is 13.2 Å². The number of hydrogen-bond donors (Lipinski definition) is 0. The largest absolute Gasteiger partial charge is 0.412 e. The van der Waals surface area contributed by atoms with E-state index in [1.54, 1.807) is 0 Å². The van der Waals surface area contributed by atoms with Crippen LogP contribution in [0.3, 0.4) is 0 Å². The lowest BCUT2D eigenvalue weighted by atomic mass is 9.47. The second-order valence-electron chi connectivity index (χ2n) is 12.4. The highest BCUT2D eigenvalue weighted by Gasteiger charge is 2.59. The lowest BCUT2D eigenvalue weighted by Crippen LogP contribution is -2.50. The molecule has 0 bridgehead atoms. The minimum absolute atomic E-state index is 0.0556. The first-order chi connectivity index (χ1) is 14.5. The van der Waals surface area contributed by atoms with Crippen LogP contribution in [0.15, 0.2) is 23.3 Å². The Morgan fingerprint density at radius 2 is 1.74 bits per heavy atom. The van der Waals surface area contributed by atoms with Crippen LogP contribution in [0.25, 0.3) is 0 Å². The van der Waals surface area contributed by atoms with Gasteiger partial charge in [0, 0.05) is 5.57 Å². The molecule has 0 unspecified atom stereocenters. The standard InChI is InChI=1S/C28H43F3/c1-18(2)7-6-8-19(3)23-11-12-24-22-10-9-20-17-21(28(29,30)31)13-15-26(20,4)25(22)14-16-27(23,24)5/h9,17-19,22-25H,6-8,10-16H2,1-5H3/t19-,22+,23-,24+,25+,26+,27-/m1/s1. The normalized spacial score (nSPS) is 41.2. The summed E-state index contributed by atoms with van der Waals surface area (Å²) in [6.07, 6.45) is 10.6. The van der Waals surface area contributed by atoms with Crippen molar-refractivity contribution in [2.45, 2.75) is 105 Å². The minimum atomic E-state index is -4.17. The number of rotatable bonds is 5. The molecule has 4 rings (SSSR count). The number of alkyl halides is 3. The van der Waals surface area contributed by atoms with Gasteiger partial charge in [-0.15, -0.1) is 0 Å². The molecule has 0 aliphatic heterocycles. The average molecular weight is 437 g/mol. The van der Waals surface area contributed by atoms with E-state index < -0.39 is 6.18 Å². The second kappa shape index (κ2) is 8.24. The summed E-state index contributed by atoms with van der Waals surface area (Å²) in [5, 5.41) is 0. The Morgan fingerprint density at radius 3 is 2.42 bits per heavy atom. The van der Waals surface area contributed by atoms with Gasteiger partial charge in [-0.3, -0.25) is 0 Å². The van der Waals surface area contributed by atoms with Gasteiger partial charge in [0.15, 0.2) is 0 Å². The van der Waals surface area contributed by atoms with E-state index in [1.807, 2.05) is 0 Å². The maximum absolute atomic E-state index is 13.3. The molecule has 0 spiro atoms. The summed E-state index contributed by atoms with van der Waals surface area (Å²) in [4.78, 5) is 0. The molecule has 2 saturated carbocycles. The summed E-state index contributed by atoms with van der Waals surface area (Å²) in [5.41, 5.74) is 1.06. The molecule has 0 saturated heterocycles. The molecule has 0 aromatic carbocycles. The highest BCUT2D eigenvalue weighted by Crippen LogP contribution is 2.67. The van der Waals surface area contributed by atoms with E-state index in [-0.39, 0.29) is 17.4 Å². The molecule has 0 nitrogen and oxygen atoms in total. The number of hydrogen-bond acceptors (Lipinski definition) is 0. The average Bonchev–Trinajstić information content (AvgIpc) is 3.03. The van der Waals surface area contributed by atoms with Crippen molar-refractivity contribution in [1.82, 2.24) is 0 Å². The van der Waals surface area contributed by atoms with Gasteiger partial charge in [-0.25, -0.2) is 0 Å². The summed E-state index contributed by atoms with van der Waals surface area (Å²) >= 11 is 0. The van der Waals surface area contributed by atoms with Crippen molar-refractivity contribution < 1.29 is 13.2 Å². The SMILES string of the molecule is CC(C)CCC[C@@H](C)[C@H]1CC[C@H]2[C@@H]3CC=C4C=C(C(F)(F)F)CC[C@]4(C)[C@H]3CC[C@]12C. The highest BCUT2D eigenvalue weighted by atomic mass is 19.4. The van der Waals surface area contributed by atoms with Gasteiger partial charge in [-0.1, -0.05) is 66.0 Å². The van der Waals surface area contributed by atoms with Crippen molar-refractivity contribution in [3.63, 3.8) is 0 Å². The molecule has 2 fully saturated rings. The number of fused-ring (bicyclic) bond motifs is 5. The van der Waals surface area contributed by atoms with E-state index >= 15 is 0 Å². The fraction of sp³-hybridized carbons (Fsp3) is 0.857. The summed E-state index contributed by atoms with van der Waals surface area (Å²) in [6, 6.07) is 0. The quantitative estimate of drug-likeness (QED) is 0.403. The highest BCUT2D eigenvalue weighted by molar-refractivity contribution is 5.38. The minimum Gasteiger partial charge on any atom is -0.166 e. The Balaban J connectivity index is 1.52. The van der Waals surface area contributed by atoms with Crippen LogP contribution in [-0.2, 0) is 0 Å². The Morgan fingerprint density at radius 1 is 1.00 bits per heavy atom. The molecular formula is C28H43F3. The smallest absolute Gasteiger partial charge is 0.166 e. The van der Waals surface area contributed by atoms with Crippen LogP contribution in [0.2, 0.25) is 0 Å². The Labute approximate surface area is 188 Å². The van der Waals surface area contributed by atoms with Crippen molar-refractivity contribution in [1.29, 1.82) is 0 Å². The first kappa shape index (κ1) is 23.4. The van der Waals surface area contributed by atoms with Crippen molar-refractivity contribution in [3.8, 4) is 0 Å². The van der Waals surface area contributed by atoms with Gasteiger partial charge in [0.05, 0.1) is 0 Å². The van der Waals surface area contributed by atoms with E-state index in [1.165, 1.54) is 51.0 Å². The van der Waals surface area contributed by atoms with Gasteiger partial charge in [0.2, 0.25) is 0 Å². The third kappa shape index (κ3) is 4.05. The molecular weight excluding hydrogens is 393 g/mol. The summed E-state index contributed by atoms with van der Waals surface area (Å²) in [6.45, 7) is 12.0. The maximum atomic E-state index is 13.3. The molecule has 0 aromatic rings. The van der Waals surface area contributed by atoms with Crippen LogP contribution < -0.4 is 0 Å². The third-order valence-corrected chi connectivity index (χ3v) is 10.3. The molecule has 0 radical (unpaired) electrons. The van der Waals surface area contributed by atoms with Gasteiger partial charge in [-0.05, 0) is 96.9 Å². The summed E-state index contributed by atoms with van der Waals surface area (Å²) in [7, 11) is 0. The van der Waals surface area contributed by atoms with Gasteiger partial charge < -0.3 is 0 Å². The third-order valence-electron chi connectivity index (χ3n) is 10.3. The Bertz CT molecular complexity index is 729. The lowest BCUT2D eigenvalue weighted by molar-refractivity contribution is -0.0981. The number of halogens is 3. The van der Waals surface area contributed by atoms with Crippen molar-refractivity contribution in [3.05, 3.63) is 23.3 Å². The molecule has 3 heteroatoms. The fourth-order valence-corrected chi connectivity index (χ4v) is 8.57. The Kier molecular flexibility index (Phi) is 6.23. The molecule has 176 valence electrons. The van der Waals surface area contributed by atoms with Crippen LogP contribution in [-0.4, -0.2) is 6.18 Å². The maximum Gasteiger partial charge on any atom is 0.412 e. The molecule has 0 N–H and O–H groups in total. The summed E-state index contributed by atoms with van der Waals surface area (Å²) in [5.74, 6) is 4.40. The second-order valence-corrected chi connectivity index (χ2v) is 12.4. The molecule has 0 heterocycles. The zero-order chi connectivity index (χ0) is 22.6. The molecule has 7 atom stereocenters. The zero-order valence-electron chi connectivity index (χ0n) is 20.3. The van der Waals surface area contributed by atoms with E-state index in [9.17, 15) is 13.2 Å². The first-order valence-electron chi connectivity index (χ1n) is 12.9. The molecule has 0 amide bonds. The topological polar surface area (TPSA) is 0 Å². The monoisotopic (exact) mass is 436 g/mol.